The van der Waals surface area contributed by atoms with Gasteiger partial charge in [-0.25, -0.2) is 0 Å². The SMILES string of the molecule is CC1Cc2cc(CCN3CCC4(CC3)OCCO4)ccc2N1. The molecule has 22 heavy (non-hydrogen) atoms. The molecular formula is C18H26N2O2. The number of fused-ring (bicyclic) bond motifs is 1. The molecule has 3 aliphatic heterocycles. The molecule has 1 aromatic carbocycles. The summed E-state index contributed by atoms with van der Waals surface area (Å²) in [6.45, 7) is 7.09. The van der Waals surface area contributed by atoms with E-state index in [9.17, 15) is 0 Å². The molecule has 3 heterocycles. The fourth-order valence-electron chi connectivity index (χ4n) is 3.95. The lowest BCUT2D eigenvalue weighted by molar-refractivity contribution is -0.185. The van der Waals surface area contributed by atoms with Gasteiger partial charge in [0.15, 0.2) is 5.79 Å². The zero-order valence-corrected chi connectivity index (χ0v) is 13.4. The van der Waals surface area contributed by atoms with Crippen molar-refractivity contribution in [1.82, 2.24) is 4.90 Å². The average molecular weight is 302 g/mol. The number of benzene rings is 1. The first-order valence-electron chi connectivity index (χ1n) is 8.61. The van der Waals surface area contributed by atoms with Crippen LogP contribution in [-0.2, 0) is 22.3 Å². The molecule has 0 bridgehead atoms. The number of hydrogen-bond acceptors (Lipinski definition) is 4. The van der Waals surface area contributed by atoms with Crippen LogP contribution in [0.4, 0.5) is 5.69 Å². The Balaban J connectivity index is 1.30. The van der Waals surface area contributed by atoms with E-state index in [1.54, 1.807) is 0 Å². The third-order valence-electron chi connectivity index (χ3n) is 5.25. The fraction of sp³-hybridized carbons (Fsp3) is 0.667. The average Bonchev–Trinajstić information content (AvgIpc) is 3.12. The second kappa shape index (κ2) is 5.84. The van der Waals surface area contributed by atoms with Gasteiger partial charge in [0.2, 0.25) is 0 Å². The topological polar surface area (TPSA) is 33.7 Å². The van der Waals surface area contributed by atoms with Crippen LogP contribution in [0.2, 0.25) is 0 Å². The Morgan fingerprint density at radius 2 is 2.00 bits per heavy atom. The van der Waals surface area contributed by atoms with E-state index < -0.39 is 0 Å². The highest BCUT2D eigenvalue weighted by Crippen LogP contribution is 2.31. The van der Waals surface area contributed by atoms with Gasteiger partial charge < -0.3 is 19.7 Å². The number of nitrogens with one attached hydrogen (secondary N) is 1. The molecular weight excluding hydrogens is 276 g/mol. The molecule has 0 aromatic heterocycles. The van der Waals surface area contributed by atoms with E-state index >= 15 is 0 Å². The molecule has 0 amide bonds. The van der Waals surface area contributed by atoms with Gasteiger partial charge >= 0.3 is 0 Å². The predicted octanol–water partition coefficient (Wildman–Crippen LogP) is 2.42. The van der Waals surface area contributed by atoms with Crippen molar-refractivity contribution in [3.05, 3.63) is 29.3 Å². The van der Waals surface area contributed by atoms with Crippen LogP contribution in [-0.4, -0.2) is 49.6 Å². The standard InChI is InChI=1S/C18H26N2O2/c1-14-12-16-13-15(2-3-17(16)19-14)4-7-20-8-5-18(6-9-20)21-10-11-22-18/h2-3,13-14,19H,4-12H2,1H3. The summed E-state index contributed by atoms with van der Waals surface area (Å²) in [6, 6.07) is 7.49. The summed E-state index contributed by atoms with van der Waals surface area (Å²) in [5.74, 6) is -0.244. The van der Waals surface area contributed by atoms with Gasteiger partial charge in [0.1, 0.15) is 0 Å². The maximum atomic E-state index is 5.80. The van der Waals surface area contributed by atoms with Gasteiger partial charge in [0, 0.05) is 44.2 Å². The molecule has 4 nitrogen and oxygen atoms in total. The molecule has 4 rings (SSSR count). The fourth-order valence-corrected chi connectivity index (χ4v) is 3.95. The number of likely N-dealkylation sites (tertiary alicyclic amines) is 1. The van der Waals surface area contributed by atoms with Crippen LogP contribution in [0.15, 0.2) is 18.2 Å². The van der Waals surface area contributed by atoms with Crippen molar-refractivity contribution >= 4 is 5.69 Å². The molecule has 1 atom stereocenters. The van der Waals surface area contributed by atoms with Crippen molar-refractivity contribution < 1.29 is 9.47 Å². The minimum atomic E-state index is -0.244. The van der Waals surface area contributed by atoms with Crippen molar-refractivity contribution in [2.75, 3.05) is 38.2 Å². The van der Waals surface area contributed by atoms with Gasteiger partial charge in [-0.05, 0) is 37.0 Å². The summed E-state index contributed by atoms with van der Waals surface area (Å²) in [5.41, 5.74) is 4.27. The van der Waals surface area contributed by atoms with E-state index in [4.69, 9.17) is 9.47 Å². The molecule has 3 aliphatic rings. The number of rotatable bonds is 3. The third-order valence-corrected chi connectivity index (χ3v) is 5.25. The lowest BCUT2D eigenvalue weighted by Crippen LogP contribution is -2.45. The van der Waals surface area contributed by atoms with Gasteiger partial charge in [-0.1, -0.05) is 12.1 Å². The quantitative estimate of drug-likeness (QED) is 0.930. The first-order valence-corrected chi connectivity index (χ1v) is 8.61. The number of nitrogens with zero attached hydrogens (tertiary/aromatic N) is 1. The number of anilines is 1. The van der Waals surface area contributed by atoms with Gasteiger partial charge in [0.25, 0.3) is 0 Å². The van der Waals surface area contributed by atoms with Gasteiger partial charge in [0.05, 0.1) is 13.2 Å². The second-order valence-corrected chi connectivity index (χ2v) is 6.94. The van der Waals surface area contributed by atoms with Crippen molar-refractivity contribution in [1.29, 1.82) is 0 Å². The monoisotopic (exact) mass is 302 g/mol. The van der Waals surface area contributed by atoms with Crippen LogP contribution >= 0.6 is 0 Å². The van der Waals surface area contributed by atoms with Crippen LogP contribution < -0.4 is 5.32 Å². The Bertz CT molecular complexity index is 530. The Morgan fingerprint density at radius 3 is 2.77 bits per heavy atom. The smallest absolute Gasteiger partial charge is 0.170 e. The summed E-state index contributed by atoms with van der Waals surface area (Å²) < 4.78 is 11.6. The van der Waals surface area contributed by atoms with Crippen molar-refractivity contribution in [3.63, 3.8) is 0 Å². The van der Waals surface area contributed by atoms with Crippen LogP contribution in [0.5, 0.6) is 0 Å². The van der Waals surface area contributed by atoms with E-state index in [1.807, 2.05) is 0 Å². The lowest BCUT2D eigenvalue weighted by atomic mass is 10.0. The number of piperidine rings is 1. The maximum Gasteiger partial charge on any atom is 0.170 e. The van der Waals surface area contributed by atoms with E-state index in [1.165, 1.54) is 16.8 Å². The number of hydrogen-bond donors (Lipinski definition) is 1. The van der Waals surface area contributed by atoms with Gasteiger partial charge in [-0.3, -0.25) is 0 Å². The largest absolute Gasteiger partial charge is 0.382 e. The summed E-state index contributed by atoms with van der Waals surface area (Å²) in [6.07, 6.45) is 4.32. The highest BCUT2D eigenvalue weighted by atomic mass is 16.7. The zero-order valence-electron chi connectivity index (χ0n) is 13.4. The van der Waals surface area contributed by atoms with Crippen molar-refractivity contribution in [2.24, 2.45) is 0 Å². The molecule has 120 valence electrons. The molecule has 4 heteroatoms. The number of ether oxygens (including phenoxy) is 2. The molecule has 1 aromatic rings. The second-order valence-electron chi connectivity index (χ2n) is 6.94. The van der Waals surface area contributed by atoms with Gasteiger partial charge in [-0.2, -0.15) is 0 Å². The molecule has 0 aliphatic carbocycles. The Kier molecular flexibility index (Phi) is 3.84. The van der Waals surface area contributed by atoms with Crippen molar-refractivity contribution in [2.45, 2.75) is 44.4 Å². The van der Waals surface area contributed by atoms with Crippen molar-refractivity contribution in [3.8, 4) is 0 Å². The van der Waals surface area contributed by atoms with E-state index in [-0.39, 0.29) is 5.79 Å². The first-order chi connectivity index (χ1) is 10.7. The van der Waals surface area contributed by atoms with E-state index in [2.05, 4.69) is 35.3 Å². The molecule has 0 saturated carbocycles. The maximum absolute atomic E-state index is 5.80. The lowest BCUT2D eigenvalue weighted by Gasteiger charge is -2.37. The molecule has 1 spiro atoms. The molecule has 1 N–H and O–H groups in total. The minimum absolute atomic E-state index is 0.244. The predicted molar refractivity (Wildman–Crippen MR) is 87.2 cm³/mol. The van der Waals surface area contributed by atoms with Gasteiger partial charge in [-0.15, -0.1) is 0 Å². The van der Waals surface area contributed by atoms with Crippen LogP contribution in [0.25, 0.3) is 0 Å². The van der Waals surface area contributed by atoms with Crippen LogP contribution in [0.3, 0.4) is 0 Å². The van der Waals surface area contributed by atoms with Crippen LogP contribution in [0.1, 0.15) is 30.9 Å². The zero-order chi connectivity index (χ0) is 15.0. The van der Waals surface area contributed by atoms with Crippen LogP contribution in [0, 0.1) is 0 Å². The summed E-state index contributed by atoms with van der Waals surface area (Å²) >= 11 is 0. The molecule has 0 radical (unpaired) electrons. The Hall–Kier alpha value is -1.10. The summed E-state index contributed by atoms with van der Waals surface area (Å²) in [7, 11) is 0. The van der Waals surface area contributed by atoms with E-state index in [0.29, 0.717) is 6.04 Å². The molecule has 2 saturated heterocycles. The minimum Gasteiger partial charge on any atom is -0.382 e. The van der Waals surface area contributed by atoms with E-state index in [0.717, 1.165) is 58.5 Å². The third kappa shape index (κ3) is 2.87. The normalized spacial score (nSPS) is 27.0. The molecule has 2 fully saturated rings. The highest BCUT2D eigenvalue weighted by molar-refractivity contribution is 5.57. The molecule has 1 unspecified atom stereocenters. The Morgan fingerprint density at radius 1 is 1.23 bits per heavy atom. The Labute approximate surface area is 132 Å². The first kappa shape index (κ1) is 14.5. The highest BCUT2D eigenvalue weighted by Gasteiger charge is 2.39. The summed E-state index contributed by atoms with van der Waals surface area (Å²) in [5, 5.41) is 3.52. The summed E-state index contributed by atoms with van der Waals surface area (Å²) in [4.78, 5) is 2.55.